The molecule has 0 aliphatic carbocycles. The van der Waals surface area contributed by atoms with Crippen LogP contribution in [0, 0.1) is 6.92 Å². The topological polar surface area (TPSA) is 76.1 Å². The van der Waals surface area contributed by atoms with E-state index in [9.17, 15) is 4.79 Å². The smallest absolute Gasteiger partial charge is 0.341 e. The van der Waals surface area contributed by atoms with Crippen LogP contribution in [-0.4, -0.2) is 41.7 Å². The van der Waals surface area contributed by atoms with Crippen LogP contribution in [0.5, 0.6) is 0 Å². The summed E-state index contributed by atoms with van der Waals surface area (Å²) in [6, 6.07) is 0.359. The zero-order valence-electron chi connectivity index (χ0n) is 10.7. The molecule has 1 aliphatic rings. The Balaban J connectivity index is 2.06. The fraction of sp³-hybridized carbons (Fsp3) is 0.583. The zero-order valence-corrected chi connectivity index (χ0v) is 10.7. The van der Waals surface area contributed by atoms with Crippen LogP contribution in [0.15, 0.2) is 6.20 Å². The summed E-state index contributed by atoms with van der Waals surface area (Å²) >= 11 is 0. The fourth-order valence-corrected chi connectivity index (χ4v) is 1.91. The molecule has 1 fully saturated rings. The largest absolute Gasteiger partial charge is 0.462 e. The summed E-state index contributed by atoms with van der Waals surface area (Å²) < 4.78 is 4.93. The molecule has 98 valence electrons. The van der Waals surface area contributed by atoms with Gasteiger partial charge in [-0.1, -0.05) is 0 Å². The van der Waals surface area contributed by atoms with Gasteiger partial charge in [-0.3, -0.25) is 0 Å². The van der Waals surface area contributed by atoms with Crippen molar-refractivity contribution in [2.45, 2.75) is 26.3 Å². The van der Waals surface area contributed by atoms with E-state index in [0.717, 1.165) is 19.5 Å². The second kappa shape index (κ2) is 5.77. The average Bonchev–Trinajstić information content (AvgIpc) is 2.82. The van der Waals surface area contributed by atoms with E-state index < -0.39 is 0 Å². The van der Waals surface area contributed by atoms with Gasteiger partial charge in [0.2, 0.25) is 5.95 Å². The SMILES string of the molecule is CCOC(=O)c1cnc(NC2CCNC2)nc1C. The minimum Gasteiger partial charge on any atom is -0.462 e. The summed E-state index contributed by atoms with van der Waals surface area (Å²) in [5.41, 5.74) is 1.06. The second-order valence-electron chi connectivity index (χ2n) is 4.25. The third kappa shape index (κ3) is 2.95. The average molecular weight is 250 g/mol. The zero-order chi connectivity index (χ0) is 13.0. The molecular formula is C12H18N4O2. The van der Waals surface area contributed by atoms with Crippen LogP contribution < -0.4 is 10.6 Å². The molecule has 1 aromatic heterocycles. The highest BCUT2D eigenvalue weighted by Gasteiger charge is 2.17. The quantitative estimate of drug-likeness (QED) is 0.767. The molecule has 2 heterocycles. The molecular weight excluding hydrogens is 232 g/mol. The number of aromatic nitrogens is 2. The highest BCUT2D eigenvalue weighted by Crippen LogP contribution is 2.11. The predicted octanol–water partition coefficient (Wildman–Crippen LogP) is 0.736. The van der Waals surface area contributed by atoms with Crippen LogP contribution in [0.4, 0.5) is 5.95 Å². The van der Waals surface area contributed by atoms with Crippen molar-refractivity contribution in [2.24, 2.45) is 0 Å². The molecule has 18 heavy (non-hydrogen) atoms. The molecule has 6 heteroatoms. The molecule has 2 N–H and O–H groups in total. The van der Waals surface area contributed by atoms with E-state index in [1.165, 1.54) is 6.20 Å². The van der Waals surface area contributed by atoms with Crippen molar-refractivity contribution in [1.82, 2.24) is 15.3 Å². The Morgan fingerprint density at radius 3 is 3.11 bits per heavy atom. The van der Waals surface area contributed by atoms with Crippen LogP contribution in [0.3, 0.4) is 0 Å². The maximum atomic E-state index is 11.6. The number of ether oxygens (including phenoxy) is 1. The van der Waals surface area contributed by atoms with Gasteiger partial charge in [0.15, 0.2) is 0 Å². The van der Waals surface area contributed by atoms with Gasteiger partial charge in [0, 0.05) is 18.8 Å². The molecule has 1 atom stereocenters. The van der Waals surface area contributed by atoms with E-state index in [1.807, 2.05) is 0 Å². The molecule has 0 saturated carbocycles. The first kappa shape index (κ1) is 12.8. The number of hydrogen-bond acceptors (Lipinski definition) is 6. The van der Waals surface area contributed by atoms with Gasteiger partial charge in [-0.2, -0.15) is 0 Å². The van der Waals surface area contributed by atoms with E-state index in [0.29, 0.717) is 29.9 Å². The Labute approximate surface area is 106 Å². The van der Waals surface area contributed by atoms with Crippen molar-refractivity contribution in [3.8, 4) is 0 Å². The Morgan fingerprint density at radius 2 is 2.50 bits per heavy atom. The van der Waals surface area contributed by atoms with Gasteiger partial charge in [-0.25, -0.2) is 14.8 Å². The molecule has 0 bridgehead atoms. The maximum Gasteiger partial charge on any atom is 0.341 e. The number of aryl methyl sites for hydroxylation is 1. The van der Waals surface area contributed by atoms with Gasteiger partial charge in [0.05, 0.1) is 17.9 Å². The third-order valence-electron chi connectivity index (χ3n) is 2.87. The van der Waals surface area contributed by atoms with E-state index in [4.69, 9.17) is 4.74 Å². The van der Waals surface area contributed by atoms with Crippen molar-refractivity contribution in [3.05, 3.63) is 17.5 Å². The molecule has 1 aromatic rings. The van der Waals surface area contributed by atoms with Gasteiger partial charge in [-0.15, -0.1) is 0 Å². The lowest BCUT2D eigenvalue weighted by Crippen LogP contribution is -2.23. The lowest BCUT2D eigenvalue weighted by Gasteiger charge is -2.12. The Hall–Kier alpha value is -1.69. The summed E-state index contributed by atoms with van der Waals surface area (Å²) in [7, 11) is 0. The molecule has 0 aromatic carbocycles. The van der Waals surface area contributed by atoms with E-state index in [1.54, 1.807) is 13.8 Å². The van der Waals surface area contributed by atoms with Crippen molar-refractivity contribution >= 4 is 11.9 Å². The highest BCUT2D eigenvalue weighted by molar-refractivity contribution is 5.90. The van der Waals surface area contributed by atoms with Gasteiger partial charge >= 0.3 is 5.97 Å². The first-order valence-corrected chi connectivity index (χ1v) is 6.18. The maximum absolute atomic E-state index is 11.6. The van der Waals surface area contributed by atoms with Crippen molar-refractivity contribution < 1.29 is 9.53 Å². The van der Waals surface area contributed by atoms with Crippen molar-refractivity contribution in [3.63, 3.8) is 0 Å². The summed E-state index contributed by atoms with van der Waals surface area (Å²) in [5, 5.41) is 6.50. The fourth-order valence-electron chi connectivity index (χ4n) is 1.91. The first-order valence-electron chi connectivity index (χ1n) is 6.18. The molecule has 2 rings (SSSR count). The number of hydrogen-bond donors (Lipinski definition) is 2. The molecule has 0 spiro atoms. The van der Waals surface area contributed by atoms with Crippen LogP contribution in [0.2, 0.25) is 0 Å². The highest BCUT2D eigenvalue weighted by atomic mass is 16.5. The van der Waals surface area contributed by atoms with Crippen LogP contribution in [0.25, 0.3) is 0 Å². The normalized spacial score (nSPS) is 18.7. The minimum absolute atomic E-state index is 0.353. The lowest BCUT2D eigenvalue weighted by molar-refractivity contribution is 0.0524. The van der Waals surface area contributed by atoms with Gasteiger partial charge in [0.1, 0.15) is 0 Å². The Kier molecular flexibility index (Phi) is 4.09. The predicted molar refractivity (Wildman–Crippen MR) is 67.6 cm³/mol. The van der Waals surface area contributed by atoms with Crippen LogP contribution >= 0.6 is 0 Å². The molecule has 1 unspecified atom stereocenters. The van der Waals surface area contributed by atoms with Gasteiger partial charge < -0.3 is 15.4 Å². The monoisotopic (exact) mass is 250 g/mol. The lowest BCUT2D eigenvalue weighted by atomic mass is 10.2. The second-order valence-corrected chi connectivity index (χ2v) is 4.25. The number of nitrogens with one attached hydrogen (secondary N) is 2. The third-order valence-corrected chi connectivity index (χ3v) is 2.87. The number of anilines is 1. The standard InChI is InChI=1S/C12H18N4O2/c1-3-18-11(17)10-7-14-12(15-8(10)2)16-9-4-5-13-6-9/h7,9,13H,3-6H2,1-2H3,(H,14,15,16). The van der Waals surface area contributed by atoms with E-state index in [2.05, 4.69) is 20.6 Å². The molecule has 1 aliphatic heterocycles. The first-order chi connectivity index (χ1) is 8.70. The van der Waals surface area contributed by atoms with Crippen LogP contribution in [-0.2, 0) is 4.74 Å². The molecule has 6 nitrogen and oxygen atoms in total. The van der Waals surface area contributed by atoms with Crippen molar-refractivity contribution in [2.75, 3.05) is 25.0 Å². The van der Waals surface area contributed by atoms with Crippen molar-refractivity contribution in [1.29, 1.82) is 0 Å². The summed E-state index contributed by atoms with van der Waals surface area (Å²) in [5.74, 6) is 0.193. The summed E-state index contributed by atoms with van der Waals surface area (Å²) in [4.78, 5) is 20.0. The van der Waals surface area contributed by atoms with E-state index in [-0.39, 0.29) is 5.97 Å². The van der Waals surface area contributed by atoms with Crippen LogP contribution in [0.1, 0.15) is 29.4 Å². The van der Waals surface area contributed by atoms with E-state index >= 15 is 0 Å². The minimum atomic E-state index is -0.371. The van der Waals surface area contributed by atoms with Gasteiger partial charge in [0.25, 0.3) is 0 Å². The molecule has 0 radical (unpaired) electrons. The summed E-state index contributed by atoms with van der Waals surface area (Å²) in [6.45, 7) is 5.84. The Bertz CT molecular complexity index is 430. The van der Waals surface area contributed by atoms with Gasteiger partial charge in [-0.05, 0) is 26.8 Å². The number of carbonyl (C=O) groups excluding carboxylic acids is 1. The number of nitrogens with zero attached hydrogens (tertiary/aromatic N) is 2. The molecule has 0 amide bonds. The summed E-state index contributed by atoms with van der Waals surface area (Å²) in [6.07, 6.45) is 2.58. The number of rotatable bonds is 4. The Morgan fingerprint density at radius 1 is 1.67 bits per heavy atom. The number of esters is 1. The molecule has 1 saturated heterocycles. The number of carbonyl (C=O) groups is 1.